The molecule has 152 valence electrons. The van der Waals surface area contributed by atoms with Crippen LogP contribution in [0.1, 0.15) is 18.5 Å². The Bertz CT molecular complexity index is 1050. The number of aryl methyl sites for hydroxylation is 1. The molecule has 0 aliphatic heterocycles. The van der Waals surface area contributed by atoms with Crippen LogP contribution in [-0.2, 0) is 19.6 Å². The molecule has 10 heteroatoms. The van der Waals surface area contributed by atoms with Crippen LogP contribution in [0, 0.1) is 18.8 Å². The van der Waals surface area contributed by atoms with Crippen LogP contribution in [0.15, 0.2) is 53.6 Å². The first-order valence-corrected chi connectivity index (χ1v) is 10.4. The Morgan fingerprint density at radius 1 is 1.07 bits per heavy atom. The largest absolute Gasteiger partial charge is 0.481 e. The number of rotatable bonds is 6. The van der Waals surface area contributed by atoms with Gasteiger partial charge in [0.15, 0.2) is 0 Å². The smallest absolute Gasteiger partial charge is 0.307 e. The first kappa shape index (κ1) is 20.5. The minimum atomic E-state index is -3.89. The van der Waals surface area contributed by atoms with Gasteiger partial charge in [-0.3, -0.25) is 9.59 Å². The van der Waals surface area contributed by atoms with Crippen molar-refractivity contribution in [2.75, 3.05) is 10.0 Å². The molecule has 9 nitrogen and oxygen atoms in total. The SMILES string of the molecule is Cc1ccnc(NS(=O)(=O)c2ccc(NC(=O)[C@H]3CC=CC[C@H]3C(=O)O)cc2)n1. The minimum Gasteiger partial charge on any atom is -0.481 e. The molecule has 0 radical (unpaired) electrons. The number of anilines is 2. The molecule has 1 aliphatic rings. The summed E-state index contributed by atoms with van der Waals surface area (Å²) in [5.74, 6) is -2.92. The Morgan fingerprint density at radius 3 is 2.34 bits per heavy atom. The van der Waals surface area contributed by atoms with E-state index in [0.717, 1.165) is 0 Å². The van der Waals surface area contributed by atoms with E-state index >= 15 is 0 Å². The Hall–Kier alpha value is -3.27. The second-order valence-corrected chi connectivity index (χ2v) is 8.32. The maximum absolute atomic E-state index is 12.5. The van der Waals surface area contributed by atoms with Crippen LogP contribution in [0.4, 0.5) is 11.6 Å². The Morgan fingerprint density at radius 2 is 1.72 bits per heavy atom. The summed E-state index contributed by atoms with van der Waals surface area (Å²) in [5, 5.41) is 11.9. The fourth-order valence-corrected chi connectivity index (χ4v) is 3.96. The third-order valence-corrected chi connectivity index (χ3v) is 5.88. The number of aliphatic carboxylic acids is 1. The molecule has 2 atom stereocenters. The van der Waals surface area contributed by atoms with Gasteiger partial charge in [0.05, 0.1) is 16.7 Å². The first-order chi connectivity index (χ1) is 13.8. The molecule has 0 fully saturated rings. The van der Waals surface area contributed by atoms with Gasteiger partial charge < -0.3 is 10.4 Å². The monoisotopic (exact) mass is 416 g/mol. The van der Waals surface area contributed by atoms with Gasteiger partial charge in [-0.15, -0.1) is 0 Å². The number of nitrogens with zero attached hydrogens (tertiary/aromatic N) is 2. The number of carbonyl (C=O) groups excluding carboxylic acids is 1. The van der Waals surface area contributed by atoms with Crippen molar-refractivity contribution < 1.29 is 23.1 Å². The van der Waals surface area contributed by atoms with Crippen molar-refractivity contribution >= 4 is 33.5 Å². The lowest BCUT2D eigenvalue weighted by Gasteiger charge is -2.24. The zero-order valence-electron chi connectivity index (χ0n) is 15.6. The number of nitrogens with one attached hydrogen (secondary N) is 2. The standard InChI is InChI=1S/C19H20N4O5S/c1-12-10-11-20-19(21-12)23-29(27,28)14-8-6-13(7-9-14)22-17(24)15-4-2-3-5-16(15)18(25)26/h2-3,6-11,15-16H,4-5H2,1H3,(H,22,24)(H,25,26)(H,20,21,23)/t15-,16+/m0/s1. The van der Waals surface area contributed by atoms with E-state index in [1.165, 1.54) is 30.5 Å². The number of carbonyl (C=O) groups is 2. The van der Waals surface area contributed by atoms with Gasteiger partial charge in [-0.05, 0) is 50.1 Å². The van der Waals surface area contributed by atoms with E-state index in [0.29, 0.717) is 24.2 Å². The van der Waals surface area contributed by atoms with Crippen LogP contribution in [0.3, 0.4) is 0 Å². The van der Waals surface area contributed by atoms with E-state index in [9.17, 15) is 23.1 Å². The summed E-state index contributed by atoms with van der Waals surface area (Å²) in [5.41, 5.74) is 0.993. The molecule has 0 saturated carbocycles. The zero-order valence-corrected chi connectivity index (χ0v) is 16.4. The maximum Gasteiger partial charge on any atom is 0.307 e. The molecular weight excluding hydrogens is 396 g/mol. The van der Waals surface area contributed by atoms with Gasteiger partial charge >= 0.3 is 5.97 Å². The third kappa shape index (κ3) is 4.96. The molecule has 1 aromatic heterocycles. The summed E-state index contributed by atoms with van der Waals surface area (Å²) in [7, 11) is -3.89. The molecule has 1 aliphatic carbocycles. The molecule has 29 heavy (non-hydrogen) atoms. The Balaban J connectivity index is 1.70. The van der Waals surface area contributed by atoms with E-state index in [2.05, 4.69) is 20.0 Å². The number of amides is 1. The molecule has 0 spiro atoms. The predicted octanol–water partition coefficient (Wildman–Crippen LogP) is 2.19. The van der Waals surface area contributed by atoms with Crippen LogP contribution < -0.4 is 10.0 Å². The number of allylic oxidation sites excluding steroid dienone is 2. The average Bonchev–Trinajstić information content (AvgIpc) is 2.68. The third-order valence-electron chi connectivity index (χ3n) is 4.54. The number of carboxylic acid groups (broad SMARTS) is 1. The number of aromatic nitrogens is 2. The highest BCUT2D eigenvalue weighted by molar-refractivity contribution is 7.92. The molecule has 1 amide bonds. The molecule has 2 aromatic rings. The van der Waals surface area contributed by atoms with Gasteiger partial charge in [0.2, 0.25) is 11.9 Å². The van der Waals surface area contributed by atoms with E-state index in [1.807, 2.05) is 0 Å². The second kappa shape index (κ2) is 8.39. The highest BCUT2D eigenvalue weighted by Crippen LogP contribution is 2.27. The van der Waals surface area contributed by atoms with Gasteiger partial charge in [0.1, 0.15) is 0 Å². The van der Waals surface area contributed by atoms with Crippen molar-refractivity contribution in [2.24, 2.45) is 11.8 Å². The van der Waals surface area contributed by atoms with Gasteiger partial charge in [0, 0.05) is 17.6 Å². The number of carboxylic acids is 1. The van der Waals surface area contributed by atoms with Crippen LogP contribution >= 0.6 is 0 Å². The normalized spacial score (nSPS) is 18.8. The summed E-state index contributed by atoms with van der Waals surface area (Å²) in [6, 6.07) is 7.20. The van der Waals surface area contributed by atoms with Crippen LogP contribution in [-0.4, -0.2) is 35.4 Å². The summed E-state index contributed by atoms with van der Waals surface area (Å²) in [6.07, 6.45) is 5.64. The summed E-state index contributed by atoms with van der Waals surface area (Å²) < 4.78 is 27.2. The molecule has 0 bridgehead atoms. The molecule has 0 unspecified atom stereocenters. The van der Waals surface area contributed by atoms with Gasteiger partial charge in [-0.1, -0.05) is 12.2 Å². The van der Waals surface area contributed by atoms with Gasteiger partial charge in [0.25, 0.3) is 10.0 Å². The zero-order chi connectivity index (χ0) is 21.0. The van der Waals surface area contributed by atoms with Crippen molar-refractivity contribution in [3.63, 3.8) is 0 Å². The molecule has 0 saturated heterocycles. The van der Waals surface area contributed by atoms with Gasteiger partial charge in [-0.2, -0.15) is 0 Å². The van der Waals surface area contributed by atoms with E-state index in [-0.39, 0.29) is 10.8 Å². The lowest BCUT2D eigenvalue weighted by atomic mass is 9.82. The number of hydrogen-bond donors (Lipinski definition) is 3. The molecule has 1 heterocycles. The lowest BCUT2D eigenvalue weighted by molar-refractivity contribution is -0.146. The Labute approximate surface area is 167 Å². The van der Waals surface area contributed by atoms with E-state index in [1.54, 1.807) is 25.1 Å². The summed E-state index contributed by atoms with van der Waals surface area (Å²) in [6.45, 7) is 1.72. The lowest BCUT2D eigenvalue weighted by Crippen LogP contribution is -2.34. The second-order valence-electron chi connectivity index (χ2n) is 6.63. The minimum absolute atomic E-state index is 0.0235. The Kier molecular flexibility index (Phi) is 5.92. The van der Waals surface area contributed by atoms with Crippen molar-refractivity contribution in [2.45, 2.75) is 24.7 Å². The van der Waals surface area contributed by atoms with Crippen molar-refractivity contribution in [1.29, 1.82) is 0 Å². The number of sulfonamides is 1. The predicted molar refractivity (Wildman–Crippen MR) is 106 cm³/mol. The van der Waals surface area contributed by atoms with E-state index < -0.39 is 33.7 Å². The van der Waals surface area contributed by atoms with Crippen molar-refractivity contribution in [1.82, 2.24) is 9.97 Å². The maximum atomic E-state index is 12.5. The first-order valence-electron chi connectivity index (χ1n) is 8.87. The van der Waals surface area contributed by atoms with Crippen LogP contribution in [0.5, 0.6) is 0 Å². The molecule has 1 aromatic carbocycles. The topological polar surface area (TPSA) is 138 Å². The van der Waals surface area contributed by atoms with Crippen molar-refractivity contribution in [3.8, 4) is 0 Å². The fraction of sp³-hybridized carbons (Fsp3) is 0.263. The number of benzene rings is 1. The van der Waals surface area contributed by atoms with Crippen LogP contribution in [0.2, 0.25) is 0 Å². The van der Waals surface area contributed by atoms with E-state index in [4.69, 9.17) is 0 Å². The molecule has 3 rings (SSSR count). The summed E-state index contributed by atoms with van der Waals surface area (Å²) in [4.78, 5) is 31.7. The number of hydrogen-bond acceptors (Lipinski definition) is 6. The average molecular weight is 416 g/mol. The molecule has 3 N–H and O–H groups in total. The highest BCUT2D eigenvalue weighted by Gasteiger charge is 2.34. The molecular formula is C19H20N4O5S. The summed E-state index contributed by atoms with van der Waals surface area (Å²) >= 11 is 0. The quantitative estimate of drug-likeness (QED) is 0.614. The van der Waals surface area contributed by atoms with Crippen molar-refractivity contribution in [3.05, 3.63) is 54.4 Å². The van der Waals surface area contributed by atoms with Crippen LogP contribution in [0.25, 0.3) is 0 Å². The highest BCUT2D eigenvalue weighted by atomic mass is 32.2. The van der Waals surface area contributed by atoms with Gasteiger partial charge in [-0.25, -0.2) is 23.1 Å². The fourth-order valence-electron chi connectivity index (χ4n) is 3.01.